The van der Waals surface area contributed by atoms with Gasteiger partial charge in [0.05, 0.1) is 18.6 Å². The average Bonchev–Trinajstić information content (AvgIpc) is 3.17. The molecule has 0 bridgehead atoms. The molecule has 3 N–H and O–H groups in total. The SMILES string of the molecule is CCOC(=O)N[C@@H](CC(C)C)C(=O)N1C[C@H]2[C@H]([C@H]1C(=O)N[C@H](C#N)CC1C(=O)Nc3ccccc31)C2(C)C. The molecule has 0 aromatic heterocycles. The Morgan fingerprint density at radius 2 is 1.95 bits per heavy atom. The number of likely N-dealkylation sites (tertiary alicyclic amines) is 1. The smallest absolute Gasteiger partial charge is 0.407 e. The molecule has 2 aliphatic heterocycles. The third-order valence-electron chi connectivity index (χ3n) is 8.19. The molecule has 0 radical (unpaired) electrons. The number of benzene rings is 1. The number of nitrogens with one attached hydrogen (secondary N) is 3. The molecule has 1 unspecified atom stereocenters. The average molecular weight is 524 g/mol. The monoisotopic (exact) mass is 523 g/mol. The van der Waals surface area contributed by atoms with Crippen LogP contribution in [0.15, 0.2) is 24.3 Å². The molecule has 2 fully saturated rings. The first-order valence-corrected chi connectivity index (χ1v) is 13.3. The third kappa shape index (κ3) is 5.19. The van der Waals surface area contributed by atoms with E-state index in [4.69, 9.17) is 4.74 Å². The van der Waals surface area contributed by atoms with Gasteiger partial charge < -0.3 is 25.6 Å². The molecule has 10 heteroatoms. The highest BCUT2D eigenvalue weighted by Crippen LogP contribution is 2.65. The maximum atomic E-state index is 13.7. The van der Waals surface area contributed by atoms with Gasteiger partial charge in [-0.1, -0.05) is 45.9 Å². The van der Waals surface area contributed by atoms with Crippen LogP contribution in [-0.4, -0.2) is 60.0 Å². The summed E-state index contributed by atoms with van der Waals surface area (Å²) in [7, 11) is 0. The van der Waals surface area contributed by atoms with Crippen molar-refractivity contribution in [1.82, 2.24) is 15.5 Å². The fourth-order valence-corrected chi connectivity index (χ4v) is 6.17. The fourth-order valence-electron chi connectivity index (χ4n) is 6.17. The third-order valence-corrected chi connectivity index (χ3v) is 8.19. The van der Waals surface area contributed by atoms with Crippen molar-refractivity contribution < 1.29 is 23.9 Å². The largest absolute Gasteiger partial charge is 0.450 e. The number of amides is 4. The van der Waals surface area contributed by atoms with Crippen molar-refractivity contribution in [3.8, 4) is 6.07 Å². The van der Waals surface area contributed by atoms with Gasteiger partial charge in [0.15, 0.2) is 0 Å². The number of fused-ring (bicyclic) bond motifs is 2. The number of carbonyl (C=O) groups is 4. The Labute approximate surface area is 223 Å². The lowest BCUT2D eigenvalue weighted by Gasteiger charge is -2.33. The highest BCUT2D eigenvalue weighted by atomic mass is 16.5. The lowest BCUT2D eigenvalue weighted by Crippen LogP contribution is -2.57. The molecule has 1 saturated carbocycles. The summed E-state index contributed by atoms with van der Waals surface area (Å²) in [5, 5.41) is 18.2. The second kappa shape index (κ2) is 10.6. The van der Waals surface area contributed by atoms with Crippen LogP contribution in [0.4, 0.5) is 10.5 Å². The van der Waals surface area contributed by atoms with Gasteiger partial charge in [-0.3, -0.25) is 14.4 Å². The number of para-hydroxylation sites is 1. The summed E-state index contributed by atoms with van der Waals surface area (Å²) in [4.78, 5) is 53.6. The number of anilines is 1. The van der Waals surface area contributed by atoms with E-state index in [2.05, 4.69) is 35.9 Å². The van der Waals surface area contributed by atoms with Gasteiger partial charge in [0.1, 0.15) is 18.1 Å². The molecular weight excluding hydrogens is 486 g/mol. The predicted octanol–water partition coefficient (Wildman–Crippen LogP) is 2.76. The molecule has 10 nitrogen and oxygen atoms in total. The first kappa shape index (κ1) is 27.4. The Bertz CT molecular complexity index is 1160. The van der Waals surface area contributed by atoms with E-state index in [0.717, 1.165) is 5.56 Å². The van der Waals surface area contributed by atoms with Crippen LogP contribution < -0.4 is 16.0 Å². The molecule has 1 saturated heterocycles. The Balaban J connectivity index is 1.51. The van der Waals surface area contributed by atoms with Crippen molar-refractivity contribution in [1.29, 1.82) is 5.26 Å². The molecular formula is C28H37N5O5. The Morgan fingerprint density at radius 1 is 1.24 bits per heavy atom. The standard InChI is InChI=1S/C28H37N5O5/c1-6-38-27(37)32-21(11-15(2)3)26(36)33-14-19-22(28(19,4)5)23(33)25(35)30-16(13-29)12-18-17-9-7-8-10-20(17)31-24(18)34/h7-10,15-16,18-19,21-23H,6,11-12,14H2,1-5H3,(H,30,35)(H,31,34)(H,32,37)/t16-,18?,19-,21-,22+,23-/m0/s1. The quantitative estimate of drug-likeness (QED) is 0.455. The van der Waals surface area contributed by atoms with E-state index in [0.29, 0.717) is 18.7 Å². The van der Waals surface area contributed by atoms with Gasteiger partial charge in [-0.2, -0.15) is 5.26 Å². The van der Waals surface area contributed by atoms with Gasteiger partial charge in [-0.15, -0.1) is 0 Å². The van der Waals surface area contributed by atoms with Crippen molar-refractivity contribution in [2.75, 3.05) is 18.5 Å². The molecule has 3 aliphatic rings. The van der Waals surface area contributed by atoms with Crippen LogP contribution in [0.2, 0.25) is 0 Å². The van der Waals surface area contributed by atoms with E-state index in [1.54, 1.807) is 11.8 Å². The minimum absolute atomic E-state index is 0.0522. The molecule has 0 spiro atoms. The highest BCUT2D eigenvalue weighted by Gasteiger charge is 2.69. The van der Waals surface area contributed by atoms with Crippen LogP contribution in [0, 0.1) is 34.5 Å². The summed E-state index contributed by atoms with van der Waals surface area (Å²) in [6.07, 6.45) is -0.140. The summed E-state index contributed by atoms with van der Waals surface area (Å²) in [5.74, 6) is -1.27. The van der Waals surface area contributed by atoms with Crippen LogP contribution in [0.1, 0.15) is 58.9 Å². The zero-order valence-corrected chi connectivity index (χ0v) is 22.6. The van der Waals surface area contributed by atoms with Crippen molar-refractivity contribution in [2.45, 2.75) is 71.5 Å². The Kier molecular flexibility index (Phi) is 7.68. The lowest BCUT2D eigenvalue weighted by molar-refractivity contribution is -0.142. The number of piperidine rings is 1. The number of alkyl carbamates (subject to hydrolysis) is 1. The van der Waals surface area contributed by atoms with Crippen molar-refractivity contribution in [3.05, 3.63) is 29.8 Å². The van der Waals surface area contributed by atoms with Gasteiger partial charge in [0, 0.05) is 12.2 Å². The van der Waals surface area contributed by atoms with Gasteiger partial charge >= 0.3 is 6.09 Å². The summed E-state index contributed by atoms with van der Waals surface area (Å²) >= 11 is 0. The second-order valence-electron chi connectivity index (χ2n) is 11.5. The van der Waals surface area contributed by atoms with E-state index in [1.807, 2.05) is 38.1 Å². The zero-order chi connectivity index (χ0) is 27.8. The number of carbonyl (C=O) groups excluding carboxylic acids is 4. The number of nitriles is 1. The molecule has 2 heterocycles. The van der Waals surface area contributed by atoms with E-state index in [1.165, 1.54) is 0 Å². The normalized spacial score (nSPS) is 25.9. The number of hydrogen-bond donors (Lipinski definition) is 3. The number of ether oxygens (including phenoxy) is 1. The molecule has 38 heavy (non-hydrogen) atoms. The van der Waals surface area contributed by atoms with E-state index in [9.17, 15) is 24.4 Å². The number of nitrogens with zero attached hydrogens (tertiary/aromatic N) is 2. The van der Waals surface area contributed by atoms with Crippen molar-refractivity contribution in [3.63, 3.8) is 0 Å². The highest BCUT2D eigenvalue weighted by molar-refractivity contribution is 6.03. The molecule has 4 amide bonds. The van der Waals surface area contributed by atoms with E-state index >= 15 is 0 Å². The maximum Gasteiger partial charge on any atom is 0.407 e. The van der Waals surface area contributed by atoms with Crippen molar-refractivity contribution >= 4 is 29.5 Å². The maximum absolute atomic E-state index is 13.7. The molecule has 1 aromatic rings. The van der Waals surface area contributed by atoms with Crippen LogP contribution in [0.25, 0.3) is 0 Å². The second-order valence-corrected chi connectivity index (χ2v) is 11.5. The van der Waals surface area contributed by atoms with Gasteiger partial charge in [0.2, 0.25) is 17.7 Å². The fraction of sp³-hybridized carbons (Fsp3) is 0.607. The van der Waals surface area contributed by atoms with Gasteiger partial charge in [-0.25, -0.2) is 4.79 Å². The minimum Gasteiger partial charge on any atom is -0.450 e. The topological polar surface area (TPSA) is 141 Å². The predicted molar refractivity (Wildman–Crippen MR) is 140 cm³/mol. The first-order valence-electron chi connectivity index (χ1n) is 13.3. The minimum atomic E-state index is -0.911. The number of rotatable bonds is 9. The molecule has 204 valence electrons. The van der Waals surface area contributed by atoms with Crippen LogP contribution in [-0.2, 0) is 19.1 Å². The summed E-state index contributed by atoms with van der Waals surface area (Å²) in [6, 6.07) is 6.94. The van der Waals surface area contributed by atoms with Gasteiger partial charge in [0.25, 0.3) is 0 Å². The Morgan fingerprint density at radius 3 is 2.61 bits per heavy atom. The summed E-state index contributed by atoms with van der Waals surface area (Å²) in [6.45, 7) is 10.3. The van der Waals surface area contributed by atoms with Crippen LogP contribution in [0.3, 0.4) is 0 Å². The van der Waals surface area contributed by atoms with Gasteiger partial charge in [-0.05, 0) is 54.6 Å². The van der Waals surface area contributed by atoms with Crippen molar-refractivity contribution in [2.24, 2.45) is 23.2 Å². The van der Waals surface area contributed by atoms with E-state index in [-0.39, 0.29) is 48.0 Å². The molecule has 1 aliphatic carbocycles. The number of hydrogen-bond acceptors (Lipinski definition) is 6. The molecule has 4 rings (SSSR count). The summed E-state index contributed by atoms with van der Waals surface area (Å²) in [5.41, 5.74) is 1.40. The lowest BCUT2D eigenvalue weighted by atomic mass is 9.93. The molecule has 1 aromatic carbocycles. The van der Waals surface area contributed by atoms with Crippen LogP contribution >= 0.6 is 0 Å². The zero-order valence-electron chi connectivity index (χ0n) is 22.6. The summed E-state index contributed by atoms with van der Waals surface area (Å²) < 4.78 is 5.00. The molecule has 6 atom stereocenters. The first-order chi connectivity index (χ1) is 18.0. The van der Waals surface area contributed by atoms with E-state index < -0.39 is 36.0 Å². The Hall–Kier alpha value is -3.61. The van der Waals surface area contributed by atoms with Crippen LogP contribution in [0.5, 0.6) is 0 Å².